The average Bonchev–Trinajstić information content (AvgIpc) is 2.43. The molecule has 0 amide bonds. The molecule has 1 fully saturated rings. The normalized spacial score (nSPS) is 18.1. The molecule has 0 saturated carbocycles. The quantitative estimate of drug-likeness (QED) is 0.700. The van der Waals surface area contributed by atoms with E-state index in [1.54, 1.807) is 12.1 Å². The summed E-state index contributed by atoms with van der Waals surface area (Å²) < 4.78 is 0. The minimum absolute atomic E-state index is 0.113. The third kappa shape index (κ3) is 4.69. The van der Waals surface area contributed by atoms with Gasteiger partial charge in [0.1, 0.15) is 11.5 Å². The van der Waals surface area contributed by atoms with E-state index >= 15 is 0 Å². The molecule has 0 bridgehead atoms. The van der Waals surface area contributed by atoms with Gasteiger partial charge >= 0.3 is 0 Å². The van der Waals surface area contributed by atoms with Gasteiger partial charge < -0.3 is 20.4 Å². The molecule has 1 aliphatic heterocycles. The van der Waals surface area contributed by atoms with Crippen molar-refractivity contribution in [3.05, 3.63) is 23.8 Å². The van der Waals surface area contributed by atoms with Gasteiger partial charge in [0.2, 0.25) is 0 Å². The van der Waals surface area contributed by atoms with Crippen LogP contribution >= 0.6 is 0 Å². The van der Waals surface area contributed by atoms with Gasteiger partial charge in [0.15, 0.2) is 0 Å². The van der Waals surface area contributed by atoms with Crippen molar-refractivity contribution in [1.82, 2.24) is 10.2 Å². The van der Waals surface area contributed by atoms with Gasteiger partial charge in [-0.1, -0.05) is 6.42 Å². The molecule has 1 aromatic rings. The fraction of sp³-hybridized carbons (Fsp3) is 0.625. The summed E-state index contributed by atoms with van der Waals surface area (Å²) in [5, 5.41) is 22.4. The molecule has 0 radical (unpaired) electrons. The van der Waals surface area contributed by atoms with Crippen molar-refractivity contribution >= 4 is 0 Å². The lowest BCUT2D eigenvalue weighted by Crippen LogP contribution is -2.32. The Morgan fingerprint density at radius 2 is 1.75 bits per heavy atom. The van der Waals surface area contributed by atoms with Gasteiger partial charge in [-0.3, -0.25) is 0 Å². The topological polar surface area (TPSA) is 55.7 Å². The van der Waals surface area contributed by atoms with E-state index < -0.39 is 0 Å². The summed E-state index contributed by atoms with van der Waals surface area (Å²) in [6, 6.07) is 4.88. The van der Waals surface area contributed by atoms with Crippen molar-refractivity contribution in [3.8, 4) is 11.5 Å². The number of hydrogen-bond acceptors (Lipinski definition) is 4. The summed E-state index contributed by atoms with van der Waals surface area (Å²) in [5.74, 6) is 0.226. The van der Waals surface area contributed by atoms with Crippen molar-refractivity contribution in [3.63, 3.8) is 0 Å². The van der Waals surface area contributed by atoms with Gasteiger partial charge in [0.25, 0.3) is 0 Å². The van der Waals surface area contributed by atoms with Crippen LogP contribution in [0.2, 0.25) is 0 Å². The van der Waals surface area contributed by atoms with Crippen LogP contribution in [-0.2, 0) is 0 Å². The molecule has 1 aromatic carbocycles. The number of piperidine rings is 1. The predicted molar refractivity (Wildman–Crippen MR) is 81.1 cm³/mol. The molecule has 1 unspecified atom stereocenters. The van der Waals surface area contributed by atoms with Crippen LogP contribution < -0.4 is 5.32 Å². The Balaban J connectivity index is 1.70. The number of nitrogens with zero attached hydrogens (tertiary/aromatic N) is 1. The fourth-order valence-electron chi connectivity index (χ4n) is 2.79. The summed E-state index contributed by atoms with van der Waals surface area (Å²) in [4.78, 5) is 2.54. The lowest BCUT2D eigenvalue weighted by atomic mass is 10.1. The smallest absolute Gasteiger partial charge is 0.119 e. The second-order valence-corrected chi connectivity index (χ2v) is 5.71. The standard InChI is InChI=1S/C16H26N2O2/c1-13(14-10-15(19)12-16(20)11-14)17-6-5-9-18-7-3-2-4-8-18/h10-13,17,19-20H,2-9H2,1H3. The summed E-state index contributed by atoms with van der Waals surface area (Å²) in [6.45, 7) is 6.65. The summed E-state index contributed by atoms with van der Waals surface area (Å²) in [6.07, 6.45) is 5.20. The minimum Gasteiger partial charge on any atom is -0.508 e. The monoisotopic (exact) mass is 278 g/mol. The van der Waals surface area contributed by atoms with Crippen LogP contribution in [0.15, 0.2) is 18.2 Å². The van der Waals surface area contributed by atoms with Gasteiger partial charge in [-0.15, -0.1) is 0 Å². The first-order valence-electron chi connectivity index (χ1n) is 7.64. The van der Waals surface area contributed by atoms with Gasteiger partial charge in [-0.2, -0.15) is 0 Å². The van der Waals surface area contributed by atoms with E-state index in [1.165, 1.54) is 38.4 Å². The average molecular weight is 278 g/mol. The molecular formula is C16H26N2O2. The maximum Gasteiger partial charge on any atom is 0.119 e. The molecule has 1 atom stereocenters. The first-order chi connectivity index (χ1) is 9.65. The molecule has 1 saturated heterocycles. The number of aromatic hydroxyl groups is 2. The molecule has 1 aliphatic rings. The van der Waals surface area contributed by atoms with Gasteiger partial charge in [0, 0.05) is 12.1 Å². The van der Waals surface area contributed by atoms with E-state index in [0.29, 0.717) is 0 Å². The number of nitrogens with one attached hydrogen (secondary N) is 1. The molecule has 0 aliphatic carbocycles. The fourth-order valence-corrected chi connectivity index (χ4v) is 2.79. The summed E-state index contributed by atoms with van der Waals surface area (Å²) >= 11 is 0. The molecule has 4 heteroatoms. The lowest BCUT2D eigenvalue weighted by Gasteiger charge is -2.26. The maximum atomic E-state index is 9.49. The lowest BCUT2D eigenvalue weighted by molar-refractivity contribution is 0.225. The molecule has 1 heterocycles. The zero-order valence-electron chi connectivity index (χ0n) is 12.3. The highest BCUT2D eigenvalue weighted by atomic mass is 16.3. The molecule has 0 spiro atoms. The van der Waals surface area contributed by atoms with Gasteiger partial charge in [-0.25, -0.2) is 0 Å². The molecule has 2 rings (SSSR count). The number of hydrogen-bond donors (Lipinski definition) is 3. The first-order valence-corrected chi connectivity index (χ1v) is 7.64. The van der Waals surface area contributed by atoms with Crippen LogP contribution in [0.25, 0.3) is 0 Å². The van der Waals surface area contributed by atoms with E-state index in [4.69, 9.17) is 0 Å². The Bertz CT molecular complexity index is 397. The Hall–Kier alpha value is -1.26. The van der Waals surface area contributed by atoms with E-state index in [0.717, 1.165) is 25.1 Å². The number of benzene rings is 1. The van der Waals surface area contributed by atoms with Crippen molar-refractivity contribution in [1.29, 1.82) is 0 Å². The third-order valence-electron chi connectivity index (χ3n) is 3.98. The summed E-state index contributed by atoms with van der Waals surface area (Å²) in [5.41, 5.74) is 0.917. The molecule has 112 valence electrons. The molecular weight excluding hydrogens is 252 g/mol. The molecule has 0 aromatic heterocycles. The Morgan fingerprint density at radius 3 is 2.40 bits per heavy atom. The summed E-state index contributed by atoms with van der Waals surface area (Å²) in [7, 11) is 0. The zero-order valence-corrected chi connectivity index (χ0v) is 12.3. The molecule has 3 N–H and O–H groups in total. The number of rotatable bonds is 6. The second-order valence-electron chi connectivity index (χ2n) is 5.71. The highest BCUT2D eigenvalue weighted by Crippen LogP contribution is 2.24. The van der Waals surface area contributed by atoms with Crippen LogP contribution in [0.4, 0.5) is 0 Å². The highest BCUT2D eigenvalue weighted by Gasteiger charge is 2.10. The van der Waals surface area contributed by atoms with E-state index in [1.807, 2.05) is 0 Å². The second kappa shape index (κ2) is 7.50. The zero-order chi connectivity index (χ0) is 14.4. The van der Waals surface area contributed by atoms with Crippen LogP contribution in [0.1, 0.15) is 44.2 Å². The molecule has 20 heavy (non-hydrogen) atoms. The minimum atomic E-state index is 0.113. The van der Waals surface area contributed by atoms with Crippen molar-refractivity contribution in [2.45, 2.75) is 38.6 Å². The number of phenolic OH excluding ortho intramolecular Hbond substituents is 2. The first kappa shape index (κ1) is 15.1. The highest BCUT2D eigenvalue weighted by molar-refractivity contribution is 5.37. The van der Waals surface area contributed by atoms with E-state index in [2.05, 4.69) is 17.1 Å². The van der Waals surface area contributed by atoms with Crippen molar-refractivity contribution in [2.75, 3.05) is 26.2 Å². The Morgan fingerprint density at radius 1 is 1.10 bits per heavy atom. The third-order valence-corrected chi connectivity index (χ3v) is 3.98. The van der Waals surface area contributed by atoms with Crippen molar-refractivity contribution < 1.29 is 10.2 Å². The number of phenols is 2. The van der Waals surface area contributed by atoms with Crippen LogP contribution in [0.3, 0.4) is 0 Å². The van der Waals surface area contributed by atoms with E-state index in [9.17, 15) is 10.2 Å². The molecule has 4 nitrogen and oxygen atoms in total. The van der Waals surface area contributed by atoms with Crippen molar-refractivity contribution in [2.24, 2.45) is 0 Å². The number of likely N-dealkylation sites (tertiary alicyclic amines) is 1. The Kier molecular flexibility index (Phi) is 5.68. The van der Waals surface area contributed by atoms with Gasteiger partial charge in [0.05, 0.1) is 0 Å². The maximum absolute atomic E-state index is 9.49. The van der Waals surface area contributed by atoms with Crippen LogP contribution in [0, 0.1) is 0 Å². The SMILES string of the molecule is CC(NCCCN1CCCCC1)c1cc(O)cc(O)c1. The van der Waals surface area contributed by atoms with Crippen LogP contribution in [-0.4, -0.2) is 41.3 Å². The van der Waals surface area contributed by atoms with Crippen LogP contribution in [0.5, 0.6) is 11.5 Å². The predicted octanol–water partition coefficient (Wildman–Crippen LogP) is 2.62. The Labute approximate surface area is 121 Å². The largest absolute Gasteiger partial charge is 0.508 e. The van der Waals surface area contributed by atoms with E-state index in [-0.39, 0.29) is 17.5 Å². The van der Waals surface area contributed by atoms with Gasteiger partial charge in [-0.05, 0) is 70.1 Å².